The van der Waals surface area contributed by atoms with Crippen LogP contribution in [0.4, 0.5) is 10.1 Å². The standard InChI is InChI=1S/C21H17ClFN3O2/c22-17-5-2-6-18(23)16(17)12-28-15-4-1-3-13(9-15)11-24-14-7-8-19-20(10-14)26-21(27)25-19/h1-10,24H,11-12H2,(H2,25,26,27). The van der Waals surface area contributed by atoms with E-state index in [1.165, 1.54) is 6.07 Å². The molecule has 0 unspecified atom stereocenters. The number of fused-ring (bicyclic) bond motifs is 1. The average molecular weight is 398 g/mol. The van der Waals surface area contributed by atoms with Crippen LogP contribution in [0.15, 0.2) is 65.5 Å². The number of halogens is 2. The lowest BCUT2D eigenvalue weighted by atomic mass is 10.2. The maximum absolute atomic E-state index is 13.9. The highest BCUT2D eigenvalue weighted by atomic mass is 35.5. The first-order valence-corrected chi connectivity index (χ1v) is 9.07. The van der Waals surface area contributed by atoms with Crippen LogP contribution in [0.1, 0.15) is 11.1 Å². The van der Waals surface area contributed by atoms with Gasteiger partial charge in [-0.25, -0.2) is 9.18 Å². The fraction of sp³-hybridized carbons (Fsp3) is 0.0952. The van der Waals surface area contributed by atoms with Gasteiger partial charge in [0.2, 0.25) is 0 Å². The lowest BCUT2D eigenvalue weighted by Crippen LogP contribution is -2.02. The summed E-state index contributed by atoms with van der Waals surface area (Å²) in [6.45, 7) is 0.623. The first-order chi connectivity index (χ1) is 13.6. The molecule has 142 valence electrons. The summed E-state index contributed by atoms with van der Waals surface area (Å²) < 4.78 is 19.6. The fourth-order valence-corrected chi connectivity index (χ4v) is 3.14. The van der Waals surface area contributed by atoms with Crippen molar-refractivity contribution < 1.29 is 9.13 Å². The molecule has 4 aromatic rings. The molecule has 0 amide bonds. The topological polar surface area (TPSA) is 69.9 Å². The van der Waals surface area contributed by atoms with Gasteiger partial charge in [-0.1, -0.05) is 29.8 Å². The lowest BCUT2D eigenvalue weighted by molar-refractivity contribution is 0.299. The maximum Gasteiger partial charge on any atom is 0.323 e. The van der Waals surface area contributed by atoms with Crippen molar-refractivity contribution >= 4 is 28.3 Å². The van der Waals surface area contributed by atoms with E-state index >= 15 is 0 Å². The summed E-state index contributed by atoms with van der Waals surface area (Å²) in [5, 5.41) is 3.65. The van der Waals surface area contributed by atoms with E-state index in [-0.39, 0.29) is 18.1 Å². The van der Waals surface area contributed by atoms with Gasteiger partial charge in [-0.15, -0.1) is 0 Å². The third-order valence-corrected chi connectivity index (χ3v) is 4.71. The summed E-state index contributed by atoms with van der Waals surface area (Å²) in [6.07, 6.45) is 0. The van der Waals surface area contributed by atoms with Crippen molar-refractivity contribution in [3.8, 4) is 5.75 Å². The number of rotatable bonds is 6. The highest BCUT2D eigenvalue weighted by Crippen LogP contribution is 2.22. The number of hydrogen-bond acceptors (Lipinski definition) is 3. The Hall–Kier alpha value is -3.25. The summed E-state index contributed by atoms with van der Waals surface area (Å²) in [7, 11) is 0. The predicted molar refractivity (Wildman–Crippen MR) is 108 cm³/mol. The summed E-state index contributed by atoms with van der Waals surface area (Å²) in [5.41, 5.74) is 3.49. The SMILES string of the molecule is O=c1[nH]c2ccc(NCc3cccc(OCc4c(F)cccc4Cl)c3)cc2[nH]1. The van der Waals surface area contributed by atoms with Crippen LogP contribution in [-0.4, -0.2) is 9.97 Å². The lowest BCUT2D eigenvalue weighted by Gasteiger charge is -2.11. The number of aromatic nitrogens is 2. The van der Waals surface area contributed by atoms with E-state index in [1.807, 2.05) is 42.5 Å². The minimum absolute atomic E-state index is 0.0555. The number of aromatic amines is 2. The molecule has 4 rings (SSSR count). The third-order valence-electron chi connectivity index (χ3n) is 4.36. The second-order valence-electron chi connectivity index (χ2n) is 6.33. The average Bonchev–Trinajstić information content (AvgIpc) is 3.05. The molecule has 7 heteroatoms. The summed E-state index contributed by atoms with van der Waals surface area (Å²) in [5.74, 6) is 0.243. The molecular formula is C21H17ClFN3O2. The van der Waals surface area contributed by atoms with E-state index in [0.29, 0.717) is 22.9 Å². The smallest absolute Gasteiger partial charge is 0.323 e. The van der Waals surface area contributed by atoms with Crippen LogP contribution in [0.5, 0.6) is 5.75 Å². The molecule has 3 N–H and O–H groups in total. The van der Waals surface area contributed by atoms with Gasteiger partial charge in [-0.05, 0) is 48.0 Å². The van der Waals surface area contributed by atoms with Crippen LogP contribution in [0.2, 0.25) is 5.02 Å². The largest absolute Gasteiger partial charge is 0.489 e. The fourth-order valence-electron chi connectivity index (χ4n) is 2.92. The van der Waals surface area contributed by atoms with Crippen molar-refractivity contribution in [1.82, 2.24) is 9.97 Å². The molecule has 3 aromatic carbocycles. The van der Waals surface area contributed by atoms with Gasteiger partial charge in [-0.2, -0.15) is 0 Å². The van der Waals surface area contributed by atoms with Crippen LogP contribution >= 0.6 is 11.6 Å². The molecule has 0 aliphatic rings. The zero-order chi connectivity index (χ0) is 19.5. The van der Waals surface area contributed by atoms with E-state index in [2.05, 4.69) is 15.3 Å². The van der Waals surface area contributed by atoms with Crippen LogP contribution in [-0.2, 0) is 13.2 Å². The van der Waals surface area contributed by atoms with Crippen molar-refractivity contribution in [2.45, 2.75) is 13.2 Å². The highest BCUT2D eigenvalue weighted by molar-refractivity contribution is 6.31. The third kappa shape index (κ3) is 4.02. The molecule has 0 radical (unpaired) electrons. The van der Waals surface area contributed by atoms with Crippen LogP contribution in [0, 0.1) is 5.82 Å². The first kappa shape index (κ1) is 18.1. The first-order valence-electron chi connectivity index (χ1n) is 8.69. The van der Waals surface area contributed by atoms with Gasteiger partial charge in [0.05, 0.1) is 16.1 Å². The van der Waals surface area contributed by atoms with Gasteiger partial charge in [0.1, 0.15) is 18.2 Å². The molecule has 0 bridgehead atoms. The second kappa shape index (κ2) is 7.78. The minimum Gasteiger partial charge on any atom is -0.489 e. The summed E-state index contributed by atoms with van der Waals surface area (Å²) in [6, 6.07) is 17.7. The second-order valence-corrected chi connectivity index (χ2v) is 6.74. The van der Waals surface area contributed by atoms with Crippen LogP contribution in [0.3, 0.4) is 0 Å². The minimum atomic E-state index is -0.386. The summed E-state index contributed by atoms with van der Waals surface area (Å²) >= 11 is 6.03. The molecule has 0 atom stereocenters. The van der Waals surface area contributed by atoms with E-state index < -0.39 is 0 Å². The van der Waals surface area contributed by atoms with Crippen molar-refractivity contribution in [3.63, 3.8) is 0 Å². The Bertz CT molecular complexity index is 1170. The number of nitrogens with one attached hydrogen (secondary N) is 3. The Morgan fingerprint density at radius 3 is 2.68 bits per heavy atom. The Morgan fingerprint density at radius 2 is 1.82 bits per heavy atom. The maximum atomic E-state index is 13.9. The Kier molecular flexibility index (Phi) is 5.04. The van der Waals surface area contributed by atoms with Gasteiger partial charge < -0.3 is 20.0 Å². The zero-order valence-electron chi connectivity index (χ0n) is 14.8. The van der Waals surface area contributed by atoms with Gasteiger partial charge in [0, 0.05) is 17.8 Å². The van der Waals surface area contributed by atoms with Gasteiger partial charge in [-0.3, -0.25) is 0 Å². The van der Waals surface area contributed by atoms with Crippen molar-refractivity contribution in [2.24, 2.45) is 0 Å². The van der Waals surface area contributed by atoms with Gasteiger partial charge in [0.15, 0.2) is 0 Å². The molecule has 0 spiro atoms. The number of anilines is 1. The van der Waals surface area contributed by atoms with Crippen molar-refractivity contribution in [3.05, 3.63) is 93.1 Å². The predicted octanol–water partition coefficient (Wildman–Crippen LogP) is 4.84. The summed E-state index contributed by atoms with van der Waals surface area (Å²) in [4.78, 5) is 16.8. The molecule has 0 fully saturated rings. The van der Waals surface area contributed by atoms with Crippen LogP contribution in [0.25, 0.3) is 11.0 Å². The van der Waals surface area contributed by atoms with Crippen molar-refractivity contribution in [1.29, 1.82) is 0 Å². The molecular weight excluding hydrogens is 381 g/mol. The van der Waals surface area contributed by atoms with E-state index in [4.69, 9.17) is 16.3 Å². The molecule has 0 saturated heterocycles. The van der Waals surface area contributed by atoms with E-state index in [0.717, 1.165) is 22.3 Å². The molecule has 0 saturated carbocycles. The highest BCUT2D eigenvalue weighted by Gasteiger charge is 2.08. The normalized spacial score (nSPS) is 10.9. The number of imidazole rings is 1. The number of H-pyrrole nitrogens is 2. The number of hydrogen-bond donors (Lipinski definition) is 3. The molecule has 0 aliphatic carbocycles. The molecule has 1 heterocycles. The Labute approximate surface area is 165 Å². The quantitative estimate of drug-likeness (QED) is 0.436. The van der Waals surface area contributed by atoms with Gasteiger partial charge in [0.25, 0.3) is 0 Å². The molecule has 28 heavy (non-hydrogen) atoms. The Morgan fingerprint density at radius 1 is 1.00 bits per heavy atom. The molecule has 5 nitrogen and oxygen atoms in total. The monoisotopic (exact) mass is 397 g/mol. The van der Waals surface area contributed by atoms with E-state index in [9.17, 15) is 9.18 Å². The van der Waals surface area contributed by atoms with Gasteiger partial charge >= 0.3 is 5.69 Å². The van der Waals surface area contributed by atoms with Crippen LogP contribution < -0.4 is 15.7 Å². The number of ether oxygens (including phenoxy) is 1. The van der Waals surface area contributed by atoms with Crippen molar-refractivity contribution in [2.75, 3.05) is 5.32 Å². The molecule has 0 aliphatic heterocycles. The Balaban J connectivity index is 1.42. The van der Waals surface area contributed by atoms with E-state index in [1.54, 1.807) is 12.1 Å². The number of benzene rings is 3. The molecule has 1 aromatic heterocycles. The zero-order valence-corrected chi connectivity index (χ0v) is 15.5.